The molecule has 0 bridgehead atoms. The third-order valence-corrected chi connectivity index (χ3v) is 3.09. The molecule has 64 valence electrons. The van der Waals surface area contributed by atoms with Gasteiger partial charge in [-0.2, -0.15) is 0 Å². The van der Waals surface area contributed by atoms with Crippen LogP contribution in [0.5, 0.6) is 0 Å². The highest BCUT2D eigenvalue weighted by Gasteiger charge is 2.45. The summed E-state index contributed by atoms with van der Waals surface area (Å²) in [4.78, 5) is 0. The van der Waals surface area contributed by atoms with Gasteiger partial charge in [-0.3, -0.25) is 0 Å². The van der Waals surface area contributed by atoms with Crippen LogP contribution in [0.15, 0.2) is 0 Å². The Hall–Kier alpha value is -0.0800. The summed E-state index contributed by atoms with van der Waals surface area (Å²) >= 11 is 0. The molecule has 2 N–H and O–H groups in total. The van der Waals surface area contributed by atoms with Gasteiger partial charge in [-0.05, 0) is 31.6 Å². The summed E-state index contributed by atoms with van der Waals surface area (Å²) < 4.78 is 0. The number of hydrogen-bond donors (Lipinski definition) is 2. The molecular formula is C9H16O2. The van der Waals surface area contributed by atoms with Crippen molar-refractivity contribution in [3.8, 4) is 0 Å². The lowest BCUT2D eigenvalue weighted by atomic mass is 9.92. The van der Waals surface area contributed by atoms with E-state index in [-0.39, 0.29) is 0 Å². The third kappa shape index (κ3) is 1.30. The molecular weight excluding hydrogens is 140 g/mol. The van der Waals surface area contributed by atoms with E-state index in [9.17, 15) is 10.2 Å². The molecule has 2 saturated carbocycles. The van der Waals surface area contributed by atoms with Crippen LogP contribution in [0, 0.1) is 5.92 Å². The van der Waals surface area contributed by atoms with Crippen molar-refractivity contribution in [2.24, 2.45) is 5.92 Å². The van der Waals surface area contributed by atoms with Crippen molar-refractivity contribution in [1.29, 1.82) is 0 Å². The molecule has 1 atom stereocenters. The van der Waals surface area contributed by atoms with Gasteiger partial charge < -0.3 is 10.2 Å². The normalized spacial score (nSPS) is 32.2. The average Bonchev–Trinajstić information content (AvgIpc) is 2.74. The largest absolute Gasteiger partial charge is 0.390 e. The highest BCUT2D eigenvalue weighted by atomic mass is 16.3. The monoisotopic (exact) mass is 156 g/mol. The van der Waals surface area contributed by atoms with Gasteiger partial charge in [0.2, 0.25) is 0 Å². The zero-order chi connectivity index (χ0) is 7.90. The minimum atomic E-state index is -0.707. The molecule has 1 unspecified atom stereocenters. The van der Waals surface area contributed by atoms with E-state index in [0.29, 0.717) is 5.92 Å². The zero-order valence-corrected chi connectivity index (χ0v) is 6.79. The van der Waals surface area contributed by atoms with Crippen LogP contribution in [0.3, 0.4) is 0 Å². The predicted octanol–water partition coefficient (Wildman–Crippen LogP) is 1.06. The molecule has 2 aliphatic carbocycles. The van der Waals surface area contributed by atoms with Gasteiger partial charge in [0.05, 0.1) is 11.7 Å². The van der Waals surface area contributed by atoms with Gasteiger partial charge in [0, 0.05) is 0 Å². The van der Waals surface area contributed by atoms with Crippen molar-refractivity contribution in [2.75, 3.05) is 0 Å². The summed E-state index contributed by atoms with van der Waals surface area (Å²) in [5.41, 5.74) is -0.707. The minimum Gasteiger partial charge on any atom is -0.390 e. The summed E-state index contributed by atoms with van der Waals surface area (Å²) in [7, 11) is 0. The molecule has 11 heavy (non-hydrogen) atoms. The average molecular weight is 156 g/mol. The molecule has 0 spiro atoms. The first-order chi connectivity index (χ1) is 5.22. The molecule has 2 heteroatoms. The quantitative estimate of drug-likeness (QED) is 0.627. The van der Waals surface area contributed by atoms with Gasteiger partial charge in [0.25, 0.3) is 0 Å². The predicted molar refractivity (Wildman–Crippen MR) is 42.1 cm³/mol. The highest BCUT2D eigenvalue weighted by molar-refractivity contribution is 4.97. The van der Waals surface area contributed by atoms with Crippen LogP contribution >= 0.6 is 0 Å². The van der Waals surface area contributed by atoms with Crippen LogP contribution in [-0.2, 0) is 0 Å². The van der Waals surface area contributed by atoms with E-state index in [2.05, 4.69) is 0 Å². The van der Waals surface area contributed by atoms with Crippen molar-refractivity contribution in [2.45, 2.75) is 50.2 Å². The highest BCUT2D eigenvalue weighted by Crippen LogP contribution is 2.43. The topological polar surface area (TPSA) is 40.5 Å². The number of aliphatic hydroxyl groups is 2. The van der Waals surface area contributed by atoms with Crippen molar-refractivity contribution >= 4 is 0 Å². The second-order valence-corrected chi connectivity index (χ2v) is 4.09. The second-order valence-electron chi connectivity index (χ2n) is 4.09. The van der Waals surface area contributed by atoms with Crippen molar-refractivity contribution < 1.29 is 10.2 Å². The van der Waals surface area contributed by atoms with Gasteiger partial charge in [0.15, 0.2) is 0 Å². The Labute approximate surface area is 67.2 Å². The lowest BCUT2D eigenvalue weighted by Crippen LogP contribution is -2.40. The van der Waals surface area contributed by atoms with Crippen LogP contribution in [0.4, 0.5) is 0 Å². The Morgan fingerprint density at radius 2 is 1.73 bits per heavy atom. The van der Waals surface area contributed by atoms with Crippen molar-refractivity contribution in [3.63, 3.8) is 0 Å². The van der Waals surface area contributed by atoms with E-state index in [0.717, 1.165) is 38.5 Å². The van der Waals surface area contributed by atoms with E-state index in [1.165, 1.54) is 0 Å². The lowest BCUT2D eigenvalue weighted by molar-refractivity contribution is -0.0795. The minimum absolute atomic E-state index is 0.415. The van der Waals surface area contributed by atoms with Crippen LogP contribution in [0.1, 0.15) is 38.5 Å². The van der Waals surface area contributed by atoms with E-state index in [1.54, 1.807) is 0 Å². The summed E-state index contributed by atoms with van der Waals surface area (Å²) in [6, 6.07) is 0. The fraction of sp³-hybridized carbons (Fsp3) is 1.00. The molecule has 0 aromatic rings. The second kappa shape index (κ2) is 2.46. The Morgan fingerprint density at radius 3 is 2.18 bits per heavy atom. The first-order valence-electron chi connectivity index (χ1n) is 4.63. The summed E-state index contributed by atoms with van der Waals surface area (Å²) in [5, 5.41) is 19.6. The molecule has 0 heterocycles. The molecule has 0 aromatic heterocycles. The van der Waals surface area contributed by atoms with E-state index in [1.807, 2.05) is 0 Å². The maximum atomic E-state index is 9.92. The van der Waals surface area contributed by atoms with Crippen LogP contribution in [-0.4, -0.2) is 21.9 Å². The number of aliphatic hydroxyl groups excluding tert-OH is 1. The Morgan fingerprint density at radius 1 is 1.18 bits per heavy atom. The van der Waals surface area contributed by atoms with E-state index >= 15 is 0 Å². The fourth-order valence-electron chi connectivity index (χ4n) is 2.13. The summed E-state index contributed by atoms with van der Waals surface area (Å²) in [6.07, 6.45) is 5.59. The first kappa shape index (κ1) is 7.56. The molecule has 0 aliphatic heterocycles. The molecule has 2 rings (SSSR count). The molecule has 0 aromatic carbocycles. The summed E-state index contributed by atoms with van der Waals surface area (Å²) in [6.45, 7) is 0. The maximum absolute atomic E-state index is 9.92. The molecule has 2 aliphatic rings. The Bertz CT molecular complexity index is 146. The van der Waals surface area contributed by atoms with E-state index in [4.69, 9.17) is 0 Å². The summed E-state index contributed by atoms with van der Waals surface area (Å²) in [5.74, 6) is 0.415. The molecule has 0 radical (unpaired) electrons. The molecule has 0 amide bonds. The van der Waals surface area contributed by atoms with Gasteiger partial charge in [-0.25, -0.2) is 0 Å². The van der Waals surface area contributed by atoms with Gasteiger partial charge >= 0.3 is 0 Å². The lowest BCUT2D eigenvalue weighted by Gasteiger charge is -2.28. The van der Waals surface area contributed by atoms with Gasteiger partial charge in [-0.1, -0.05) is 12.8 Å². The standard InChI is InChI=1S/C9H16O2/c10-8(7-3-4-7)9(11)5-1-2-6-9/h7-8,10-11H,1-6H2. The smallest absolute Gasteiger partial charge is 0.0908 e. The van der Waals surface area contributed by atoms with Crippen molar-refractivity contribution in [1.82, 2.24) is 0 Å². The molecule has 0 saturated heterocycles. The molecule has 2 nitrogen and oxygen atoms in total. The third-order valence-electron chi connectivity index (χ3n) is 3.09. The Kier molecular flexibility index (Phi) is 1.69. The van der Waals surface area contributed by atoms with E-state index < -0.39 is 11.7 Å². The first-order valence-corrected chi connectivity index (χ1v) is 4.63. The van der Waals surface area contributed by atoms with Gasteiger partial charge in [0.1, 0.15) is 0 Å². The van der Waals surface area contributed by atoms with Crippen LogP contribution in [0.2, 0.25) is 0 Å². The maximum Gasteiger partial charge on any atom is 0.0908 e. The van der Waals surface area contributed by atoms with Gasteiger partial charge in [-0.15, -0.1) is 0 Å². The number of rotatable bonds is 2. The SMILES string of the molecule is OC(C1CC1)C1(O)CCCC1. The van der Waals surface area contributed by atoms with Crippen molar-refractivity contribution in [3.05, 3.63) is 0 Å². The molecule has 2 fully saturated rings. The van der Waals surface area contributed by atoms with Crippen LogP contribution < -0.4 is 0 Å². The zero-order valence-electron chi connectivity index (χ0n) is 6.79. The number of hydrogen-bond acceptors (Lipinski definition) is 2. The van der Waals surface area contributed by atoms with Crippen LogP contribution in [0.25, 0.3) is 0 Å². The Balaban J connectivity index is 1.99. The fourth-order valence-corrected chi connectivity index (χ4v) is 2.13.